The van der Waals surface area contributed by atoms with Crippen LogP contribution in [-0.4, -0.2) is 37.2 Å². The number of rotatable bonds is 55. The average Bonchev–Trinajstić information content (AvgIpc) is 3.33. The maximum Gasteiger partial charge on any atom is 0.306 e. The second kappa shape index (κ2) is 53.2. The van der Waals surface area contributed by atoms with Crippen molar-refractivity contribution in [3.05, 3.63) is 0 Å². The largest absolute Gasteiger partial charge is 0.462 e. The Balaban J connectivity index is 4.20. The lowest BCUT2D eigenvalue weighted by Gasteiger charge is -2.18. The molecular formula is C62H120O6. The fourth-order valence-corrected chi connectivity index (χ4v) is 9.47. The van der Waals surface area contributed by atoms with Gasteiger partial charge in [-0.05, 0) is 37.0 Å². The lowest BCUT2D eigenvalue weighted by molar-refractivity contribution is -0.167. The molecule has 0 rings (SSSR count). The third-order valence-corrected chi connectivity index (χ3v) is 14.9. The van der Waals surface area contributed by atoms with Gasteiger partial charge in [0.25, 0.3) is 0 Å². The minimum Gasteiger partial charge on any atom is -0.462 e. The Kier molecular flexibility index (Phi) is 52.0. The predicted octanol–water partition coefficient (Wildman–Crippen LogP) is 20.3. The lowest BCUT2D eigenvalue weighted by atomic mass is 9.99. The van der Waals surface area contributed by atoms with Gasteiger partial charge in [0.15, 0.2) is 6.10 Å². The Morgan fingerprint density at radius 3 is 0.765 bits per heavy atom. The van der Waals surface area contributed by atoms with Crippen LogP contribution in [0.25, 0.3) is 0 Å². The van der Waals surface area contributed by atoms with Crippen molar-refractivity contribution in [3.8, 4) is 0 Å². The number of hydrogen-bond donors (Lipinski definition) is 0. The normalized spacial score (nSPS) is 12.9. The van der Waals surface area contributed by atoms with Crippen LogP contribution in [0.3, 0.4) is 0 Å². The van der Waals surface area contributed by atoms with E-state index in [1.165, 1.54) is 225 Å². The quantitative estimate of drug-likeness (QED) is 0.0343. The van der Waals surface area contributed by atoms with E-state index in [0.29, 0.717) is 19.3 Å². The lowest BCUT2D eigenvalue weighted by Crippen LogP contribution is -2.30. The molecule has 68 heavy (non-hydrogen) atoms. The molecule has 0 aliphatic rings. The summed E-state index contributed by atoms with van der Waals surface area (Å²) in [6.45, 7) is 13.8. The molecule has 0 spiro atoms. The van der Waals surface area contributed by atoms with Gasteiger partial charge < -0.3 is 14.2 Å². The zero-order valence-electron chi connectivity index (χ0n) is 46.9. The van der Waals surface area contributed by atoms with Crippen LogP contribution in [0.1, 0.15) is 343 Å². The summed E-state index contributed by atoms with van der Waals surface area (Å²) < 4.78 is 16.9. The van der Waals surface area contributed by atoms with Crippen LogP contribution in [0.15, 0.2) is 0 Å². The molecule has 6 nitrogen and oxygen atoms in total. The topological polar surface area (TPSA) is 78.9 Å². The summed E-state index contributed by atoms with van der Waals surface area (Å²) in [6, 6.07) is 0. The summed E-state index contributed by atoms with van der Waals surface area (Å²) in [7, 11) is 0. The van der Waals surface area contributed by atoms with E-state index in [2.05, 4.69) is 41.5 Å². The fourth-order valence-electron chi connectivity index (χ4n) is 9.47. The van der Waals surface area contributed by atoms with E-state index in [1.54, 1.807) is 0 Å². The fraction of sp³-hybridized carbons (Fsp3) is 0.952. The van der Waals surface area contributed by atoms with E-state index in [1.807, 2.05) is 0 Å². The molecule has 0 bridgehead atoms. The molecule has 2 unspecified atom stereocenters. The van der Waals surface area contributed by atoms with Crippen LogP contribution in [0.5, 0.6) is 0 Å². The summed E-state index contributed by atoms with van der Waals surface area (Å²) in [5.74, 6) is 1.73. The van der Waals surface area contributed by atoms with Crippen LogP contribution in [0, 0.1) is 17.8 Å². The molecule has 404 valence electrons. The molecule has 0 amide bonds. The molecule has 3 atom stereocenters. The minimum atomic E-state index is -0.764. The van der Waals surface area contributed by atoms with Gasteiger partial charge in [0.2, 0.25) is 0 Å². The van der Waals surface area contributed by atoms with E-state index in [4.69, 9.17) is 14.2 Å². The van der Waals surface area contributed by atoms with E-state index >= 15 is 0 Å². The number of carbonyl (C=O) groups excluding carboxylic acids is 3. The Morgan fingerprint density at radius 2 is 0.515 bits per heavy atom. The number of ether oxygens (including phenoxy) is 3. The molecule has 0 fully saturated rings. The van der Waals surface area contributed by atoms with Crippen LogP contribution in [0.4, 0.5) is 0 Å². The summed E-state index contributed by atoms with van der Waals surface area (Å²) in [6.07, 6.45) is 56.7. The molecule has 0 radical (unpaired) electrons. The number of unbranched alkanes of at least 4 members (excludes halogenated alkanes) is 36. The van der Waals surface area contributed by atoms with Gasteiger partial charge in [0, 0.05) is 19.3 Å². The van der Waals surface area contributed by atoms with Gasteiger partial charge in [-0.25, -0.2) is 0 Å². The maximum atomic E-state index is 12.9. The summed E-state index contributed by atoms with van der Waals surface area (Å²) in [4.78, 5) is 38.2. The molecule has 0 saturated carbocycles. The standard InChI is InChI=1S/C62H120O6/c1-7-57(5)49-43-37-31-27-23-19-15-11-9-10-12-16-20-24-28-32-39-45-51-60(63)66-54-59(55-67-61(64)52-46-40-35-34-38-44-50-58(6)8-2)68-62(65)53-47-41-33-29-25-21-17-13-14-18-22-26-30-36-42-48-56(3)4/h56-59H,7-55H2,1-6H3/t57?,58?,59-/m1/s1. The molecule has 0 aromatic carbocycles. The first-order valence-electron chi connectivity index (χ1n) is 30.7. The Labute approximate surface area is 425 Å². The zero-order chi connectivity index (χ0) is 49.8. The molecule has 0 aromatic rings. The number of hydrogen-bond acceptors (Lipinski definition) is 6. The van der Waals surface area contributed by atoms with Gasteiger partial charge in [-0.1, -0.05) is 305 Å². The van der Waals surface area contributed by atoms with Crippen LogP contribution < -0.4 is 0 Å². The van der Waals surface area contributed by atoms with Crippen LogP contribution >= 0.6 is 0 Å². The monoisotopic (exact) mass is 961 g/mol. The third-order valence-electron chi connectivity index (χ3n) is 14.9. The molecule has 0 N–H and O–H groups in total. The summed E-state index contributed by atoms with van der Waals surface area (Å²) in [5, 5.41) is 0. The first kappa shape index (κ1) is 66.4. The van der Waals surface area contributed by atoms with Crippen molar-refractivity contribution in [2.75, 3.05) is 13.2 Å². The highest BCUT2D eigenvalue weighted by Crippen LogP contribution is 2.19. The van der Waals surface area contributed by atoms with Gasteiger partial charge in [-0.15, -0.1) is 0 Å². The van der Waals surface area contributed by atoms with Gasteiger partial charge in [-0.3, -0.25) is 14.4 Å². The van der Waals surface area contributed by atoms with Crippen LogP contribution in [0.2, 0.25) is 0 Å². The van der Waals surface area contributed by atoms with Gasteiger partial charge in [0.05, 0.1) is 0 Å². The predicted molar refractivity (Wildman–Crippen MR) is 293 cm³/mol. The molecule has 0 aromatic heterocycles. The highest BCUT2D eigenvalue weighted by molar-refractivity contribution is 5.71. The molecule has 0 aliphatic carbocycles. The SMILES string of the molecule is CCC(C)CCCCCCCCCCCCCCCCCCCCC(=O)OC[C@H](COC(=O)CCCCCCCCC(C)CC)OC(=O)CCCCCCCCCCCCCCCCCC(C)C. The Bertz CT molecular complexity index is 1060. The van der Waals surface area contributed by atoms with Crippen molar-refractivity contribution < 1.29 is 28.6 Å². The molecule has 0 heterocycles. The highest BCUT2D eigenvalue weighted by Gasteiger charge is 2.19. The Hall–Kier alpha value is -1.59. The van der Waals surface area contributed by atoms with Crippen molar-refractivity contribution in [2.45, 2.75) is 349 Å². The summed E-state index contributed by atoms with van der Waals surface area (Å²) >= 11 is 0. The van der Waals surface area contributed by atoms with Crippen molar-refractivity contribution in [3.63, 3.8) is 0 Å². The molecule has 0 saturated heterocycles. The van der Waals surface area contributed by atoms with E-state index < -0.39 is 6.10 Å². The van der Waals surface area contributed by atoms with E-state index in [9.17, 15) is 14.4 Å². The Morgan fingerprint density at radius 1 is 0.294 bits per heavy atom. The van der Waals surface area contributed by atoms with E-state index in [0.717, 1.165) is 75.5 Å². The smallest absolute Gasteiger partial charge is 0.306 e. The first-order chi connectivity index (χ1) is 33.2. The maximum absolute atomic E-state index is 12.9. The minimum absolute atomic E-state index is 0.0638. The first-order valence-corrected chi connectivity index (χ1v) is 30.7. The van der Waals surface area contributed by atoms with Crippen molar-refractivity contribution in [1.82, 2.24) is 0 Å². The number of esters is 3. The van der Waals surface area contributed by atoms with Crippen molar-refractivity contribution in [1.29, 1.82) is 0 Å². The van der Waals surface area contributed by atoms with Gasteiger partial charge in [-0.2, -0.15) is 0 Å². The second-order valence-corrected chi connectivity index (χ2v) is 22.3. The van der Waals surface area contributed by atoms with Crippen LogP contribution in [-0.2, 0) is 28.6 Å². The van der Waals surface area contributed by atoms with Crippen molar-refractivity contribution >= 4 is 17.9 Å². The van der Waals surface area contributed by atoms with Crippen molar-refractivity contribution in [2.24, 2.45) is 17.8 Å². The van der Waals surface area contributed by atoms with Gasteiger partial charge in [0.1, 0.15) is 13.2 Å². The second-order valence-electron chi connectivity index (χ2n) is 22.3. The summed E-state index contributed by atoms with van der Waals surface area (Å²) in [5.41, 5.74) is 0. The molecule has 0 aliphatic heterocycles. The molecule has 6 heteroatoms. The molecular weight excluding hydrogens is 841 g/mol. The zero-order valence-corrected chi connectivity index (χ0v) is 46.9. The highest BCUT2D eigenvalue weighted by atomic mass is 16.6. The third kappa shape index (κ3) is 52.2. The van der Waals surface area contributed by atoms with Gasteiger partial charge >= 0.3 is 17.9 Å². The number of carbonyl (C=O) groups is 3. The van der Waals surface area contributed by atoms with E-state index in [-0.39, 0.29) is 31.1 Å². The average molecular weight is 962 g/mol.